The van der Waals surface area contributed by atoms with E-state index in [0.717, 1.165) is 25.7 Å². The number of halogens is 4. The van der Waals surface area contributed by atoms with Gasteiger partial charge >= 0.3 is 12.1 Å². The van der Waals surface area contributed by atoms with Crippen LogP contribution in [-0.4, -0.2) is 74.1 Å². The normalized spacial score (nSPS) is 31.0. The van der Waals surface area contributed by atoms with Crippen molar-refractivity contribution >= 4 is 17.8 Å². The number of pyridine rings is 1. The first-order valence-electron chi connectivity index (χ1n) is 11.6. The van der Waals surface area contributed by atoms with Crippen molar-refractivity contribution in [1.82, 2.24) is 14.8 Å². The van der Waals surface area contributed by atoms with Gasteiger partial charge < -0.3 is 20.6 Å². The van der Waals surface area contributed by atoms with Gasteiger partial charge in [-0.05, 0) is 56.4 Å². The minimum Gasteiger partial charge on any atom is -0.475 e. The Morgan fingerprint density at radius 2 is 1.75 bits per heavy atom. The summed E-state index contributed by atoms with van der Waals surface area (Å²) in [4.78, 5) is 42.0. The molecular weight excluding hydrogens is 486 g/mol. The minimum atomic E-state index is -5.08. The molecule has 3 N–H and O–H groups in total. The minimum absolute atomic E-state index is 0.00429. The molecule has 6 atom stereocenters. The number of piperidine rings is 2. The molecule has 4 heterocycles. The molecule has 4 aliphatic rings. The quantitative estimate of drug-likeness (QED) is 0.468. The number of carboxylic acids is 1. The summed E-state index contributed by atoms with van der Waals surface area (Å²) in [7, 11) is 0. The molecule has 1 aliphatic carbocycles. The number of hydrogen-bond acceptors (Lipinski definition) is 6. The molecule has 9 nitrogen and oxygen atoms in total. The van der Waals surface area contributed by atoms with Crippen molar-refractivity contribution in [3.05, 3.63) is 29.8 Å². The molecule has 0 spiro atoms. The average Bonchev–Trinajstić information content (AvgIpc) is 3.41. The molecule has 36 heavy (non-hydrogen) atoms. The van der Waals surface area contributed by atoms with Gasteiger partial charge in [-0.1, -0.05) is 0 Å². The lowest BCUT2D eigenvalue weighted by atomic mass is 9.84. The number of nitriles is 1. The zero-order valence-corrected chi connectivity index (χ0v) is 19.1. The number of alkyl halides is 3. The van der Waals surface area contributed by atoms with Crippen LogP contribution in [0.5, 0.6) is 0 Å². The number of nitrogens with two attached hydrogens (primary N) is 1. The van der Waals surface area contributed by atoms with Gasteiger partial charge in [0.1, 0.15) is 6.04 Å². The number of rotatable bonds is 3. The largest absolute Gasteiger partial charge is 0.490 e. The third-order valence-corrected chi connectivity index (χ3v) is 7.52. The summed E-state index contributed by atoms with van der Waals surface area (Å²) < 4.78 is 45.2. The van der Waals surface area contributed by atoms with Crippen molar-refractivity contribution in [1.29, 1.82) is 5.26 Å². The second kappa shape index (κ2) is 9.65. The van der Waals surface area contributed by atoms with Gasteiger partial charge in [0.2, 0.25) is 11.9 Å². The fourth-order valence-electron chi connectivity index (χ4n) is 5.79. The maximum Gasteiger partial charge on any atom is 0.490 e. The van der Waals surface area contributed by atoms with Crippen LogP contribution in [0.15, 0.2) is 18.3 Å². The van der Waals surface area contributed by atoms with Crippen LogP contribution in [0, 0.1) is 29.1 Å². The molecule has 2 amide bonds. The molecule has 2 bridgehead atoms. The highest BCUT2D eigenvalue weighted by Gasteiger charge is 2.56. The van der Waals surface area contributed by atoms with Crippen LogP contribution in [0.4, 0.5) is 17.6 Å². The number of carbonyl (C=O) groups excluding carboxylic acids is 2. The number of amides is 2. The summed E-state index contributed by atoms with van der Waals surface area (Å²) in [6.45, 7) is 0. The lowest BCUT2D eigenvalue weighted by Gasteiger charge is -2.41. The average molecular weight is 511 g/mol. The van der Waals surface area contributed by atoms with Gasteiger partial charge in [-0.2, -0.15) is 22.8 Å². The van der Waals surface area contributed by atoms with E-state index in [0.29, 0.717) is 24.3 Å². The number of nitrogens with zero attached hydrogens (tertiary/aromatic N) is 4. The predicted octanol–water partition coefficient (Wildman–Crippen LogP) is 2.08. The van der Waals surface area contributed by atoms with E-state index in [-0.39, 0.29) is 41.9 Å². The Hall–Kier alpha value is -3.27. The molecule has 1 aromatic rings. The smallest absolute Gasteiger partial charge is 0.475 e. The number of hydrogen-bond donors (Lipinski definition) is 2. The fraction of sp³-hybridized carbons (Fsp3) is 0.609. The molecule has 4 fully saturated rings. The molecule has 1 aromatic heterocycles. The van der Waals surface area contributed by atoms with Crippen molar-refractivity contribution in [2.75, 3.05) is 0 Å². The van der Waals surface area contributed by atoms with E-state index >= 15 is 0 Å². The van der Waals surface area contributed by atoms with E-state index in [2.05, 4.69) is 11.1 Å². The zero-order valence-electron chi connectivity index (χ0n) is 19.1. The third kappa shape index (κ3) is 5.00. The highest BCUT2D eigenvalue weighted by atomic mass is 19.4. The van der Waals surface area contributed by atoms with E-state index in [9.17, 15) is 32.4 Å². The van der Waals surface area contributed by atoms with Crippen molar-refractivity contribution < 1.29 is 37.1 Å². The molecule has 5 rings (SSSR count). The SMILES string of the molecule is N#C[C@@H]1C[C@@H]2C[C@@H]2N1C(=O)[C@@H](N)C1CC2CCC(C1)N2C(=O)c1ccnc(F)c1.O=C(O)C(F)(F)F. The summed E-state index contributed by atoms with van der Waals surface area (Å²) in [5.74, 6) is -3.25. The Bertz CT molecular complexity index is 1080. The number of aliphatic carboxylic acids is 1. The molecule has 13 heteroatoms. The number of carboxylic acid groups (broad SMARTS) is 1. The molecule has 0 aromatic carbocycles. The monoisotopic (exact) mass is 511 g/mol. The van der Waals surface area contributed by atoms with Gasteiger partial charge in [0, 0.05) is 36.0 Å². The lowest BCUT2D eigenvalue weighted by molar-refractivity contribution is -0.192. The van der Waals surface area contributed by atoms with Gasteiger partial charge in [0.15, 0.2) is 0 Å². The Morgan fingerprint density at radius 3 is 2.28 bits per heavy atom. The van der Waals surface area contributed by atoms with Crippen molar-refractivity contribution in [2.45, 2.75) is 74.9 Å². The second-order valence-electron chi connectivity index (χ2n) is 9.71. The standard InChI is InChI=1S/C21H24FN5O2.C2HF3O2/c22-18-9-11(3-4-25-18)20(28)26-14-1-2-15(26)7-13(6-14)19(24)21(29)27-16(10-23)5-12-8-17(12)27;3-2(4,5)1(6)7/h3-4,9,12-17,19H,1-2,5-8,24H2;(H,6,7)/t12-,13?,14?,15?,16+,17+,19+;/m1./s1. The molecular formula is C23H25F4N5O4. The van der Waals surface area contributed by atoms with Crippen molar-refractivity contribution in [2.24, 2.45) is 17.6 Å². The van der Waals surface area contributed by atoms with E-state index in [1.54, 1.807) is 4.90 Å². The Kier molecular flexibility index (Phi) is 6.92. The maximum atomic E-state index is 13.4. The summed E-state index contributed by atoms with van der Waals surface area (Å²) in [5.41, 5.74) is 6.72. The molecule has 3 saturated heterocycles. The topological polar surface area (TPSA) is 141 Å². The van der Waals surface area contributed by atoms with Crippen molar-refractivity contribution in [3.8, 4) is 6.07 Å². The van der Waals surface area contributed by atoms with Gasteiger partial charge in [0.05, 0.1) is 12.1 Å². The molecule has 1 saturated carbocycles. The molecule has 194 valence electrons. The number of fused-ring (bicyclic) bond motifs is 3. The van der Waals surface area contributed by atoms with Crippen LogP contribution in [0.1, 0.15) is 48.9 Å². The van der Waals surface area contributed by atoms with Crippen LogP contribution in [0.3, 0.4) is 0 Å². The summed E-state index contributed by atoms with van der Waals surface area (Å²) in [6, 6.07) is 4.19. The van der Waals surface area contributed by atoms with Gasteiger partial charge in [-0.25, -0.2) is 9.78 Å². The van der Waals surface area contributed by atoms with Gasteiger partial charge in [0.25, 0.3) is 5.91 Å². The van der Waals surface area contributed by atoms with Gasteiger partial charge in [-0.3, -0.25) is 9.59 Å². The zero-order chi connectivity index (χ0) is 26.4. The second-order valence-corrected chi connectivity index (χ2v) is 9.71. The van der Waals surface area contributed by atoms with Crippen LogP contribution in [-0.2, 0) is 9.59 Å². The number of carbonyl (C=O) groups is 3. The maximum absolute atomic E-state index is 13.4. The van der Waals surface area contributed by atoms with Crippen LogP contribution in [0.25, 0.3) is 0 Å². The summed E-state index contributed by atoms with van der Waals surface area (Å²) in [6.07, 6.45) is 1.05. The Labute approximate surface area is 203 Å². The van der Waals surface area contributed by atoms with E-state index in [4.69, 9.17) is 15.6 Å². The third-order valence-electron chi connectivity index (χ3n) is 7.52. The summed E-state index contributed by atoms with van der Waals surface area (Å²) in [5, 5.41) is 16.5. The molecule has 0 radical (unpaired) electrons. The van der Waals surface area contributed by atoms with Crippen LogP contribution in [0.2, 0.25) is 0 Å². The Morgan fingerprint density at radius 1 is 1.14 bits per heavy atom. The fourth-order valence-corrected chi connectivity index (χ4v) is 5.79. The molecule has 2 unspecified atom stereocenters. The first kappa shape index (κ1) is 25.8. The number of aromatic nitrogens is 1. The predicted molar refractivity (Wildman–Crippen MR) is 114 cm³/mol. The highest BCUT2D eigenvalue weighted by molar-refractivity contribution is 5.95. The van der Waals surface area contributed by atoms with E-state index < -0.39 is 24.1 Å². The van der Waals surface area contributed by atoms with E-state index in [1.807, 2.05) is 4.90 Å². The van der Waals surface area contributed by atoms with Gasteiger partial charge in [-0.15, -0.1) is 0 Å². The lowest BCUT2D eigenvalue weighted by Crippen LogP contribution is -2.55. The van der Waals surface area contributed by atoms with Crippen molar-refractivity contribution in [3.63, 3.8) is 0 Å². The van der Waals surface area contributed by atoms with E-state index in [1.165, 1.54) is 18.3 Å². The first-order valence-corrected chi connectivity index (χ1v) is 11.6. The van der Waals surface area contributed by atoms with Crippen LogP contribution >= 0.6 is 0 Å². The van der Waals surface area contributed by atoms with Crippen LogP contribution < -0.4 is 5.73 Å². The highest BCUT2D eigenvalue weighted by Crippen LogP contribution is 2.48. The summed E-state index contributed by atoms with van der Waals surface area (Å²) >= 11 is 0. The number of likely N-dealkylation sites (tertiary alicyclic amines) is 1. The first-order chi connectivity index (χ1) is 16.9. The molecule has 3 aliphatic heterocycles. The Balaban J connectivity index is 0.000000384.